The van der Waals surface area contributed by atoms with E-state index in [-0.39, 0.29) is 18.1 Å². The minimum absolute atomic E-state index is 0.191. The molecule has 8 heteroatoms. The highest BCUT2D eigenvalue weighted by Crippen LogP contribution is 2.17. The number of carbonyl (C=O) groups excluding carboxylic acids is 1. The second-order valence-corrected chi connectivity index (χ2v) is 5.79. The number of aromatic nitrogens is 4. The van der Waals surface area contributed by atoms with Crippen molar-refractivity contribution in [2.24, 2.45) is 0 Å². The Kier molecular flexibility index (Phi) is 4.26. The Labute approximate surface area is 143 Å². The first kappa shape index (κ1) is 15.5. The molecule has 1 aliphatic heterocycles. The van der Waals surface area contributed by atoms with E-state index in [9.17, 15) is 4.79 Å². The maximum absolute atomic E-state index is 12.6. The Morgan fingerprint density at radius 2 is 2.16 bits per heavy atom. The van der Waals surface area contributed by atoms with Gasteiger partial charge in [0.15, 0.2) is 0 Å². The summed E-state index contributed by atoms with van der Waals surface area (Å²) in [5.41, 5.74) is 1.88. The number of pyridine rings is 1. The Hall–Kier alpha value is -3.00. The molecule has 0 radical (unpaired) electrons. The predicted octanol–water partition coefficient (Wildman–Crippen LogP) is 1.32. The first-order valence-corrected chi connectivity index (χ1v) is 8.06. The van der Waals surface area contributed by atoms with Gasteiger partial charge in [0.05, 0.1) is 19.3 Å². The quantitative estimate of drug-likeness (QED) is 0.743. The second-order valence-electron chi connectivity index (χ2n) is 5.79. The van der Waals surface area contributed by atoms with Crippen LogP contribution < -0.4 is 10.1 Å². The van der Waals surface area contributed by atoms with Crippen LogP contribution in [0.15, 0.2) is 42.6 Å². The lowest BCUT2D eigenvalue weighted by molar-refractivity contribution is -0.00448. The van der Waals surface area contributed by atoms with E-state index in [0.717, 1.165) is 0 Å². The predicted molar refractivity (Wildman–Crippen MR) is 89.2 cm³/mol. The molecule has 0 spiro atoms. The first-order chi connectivity index (χ1) is 12.3. The summed E-state index contributed by atoms with van der Waals surface area (Å²) in [4.78, 5) is 16.8. The van der Waals surface area contributed by atoms with Crippen molar-refractivity contribution in [2.45, 2.75) is 18.6 Å². The molecule has 0 unspecified atom stereocenters. The number of fused-ring (bicyclic) bond motifs is 1. The lowest BCUT2D eigenvalue weighted by atomic mass is 10.1. The third kappa shape index (κ3) is 3.43. The Morgan fingerprint density at radius 1 is 1.24 bits per heavy atom. The van der Waals surface area contributed by atoms with Gasteiger partial charge < -0.3 is 14.8 Å². The van der Waals surface area contributed by atoms with Crippen molar-refractivity contribution < 1.29 is 14.3 Å². The fourth-order valence-corrected chi connectivity index (χ4v) is 2.80. The molecule has 1 aliphatic rings. The summed E-state index contributed by atoms with van der Waals surface area (Å²) in [7, 11) is 0. The fourth-order valence-electron chi connectivity index (χ4n) is 2.80. The molecule has 1 fully saturated rings. The molecule has 0 saturated carbocycles. The summed E-state index contributed by atoms with van der Waals surface area (Å²) in [6.45, 7) is 0.990. The monoisotopic (exact) mass is 339 g/mol. The molecule has 2 N–H and O–H groups in total. The van der Waals surface area contributed by atoms with Gasteiger partial charge in [-0.15, -0.1) is 0 Å². The number of rotatable bonds is 4. The molecule has 25 heavy (non-hydrogen) atoms. The lowest BCUT2D eigenvalue weighted by Gasteiger charge is -2.32. The topological polar surface area (TPSA) is 102 Å². The van der Waals surface area contributed by atoms with Crippen molar-refractivity contribution >= 4 is 16.9 Å². The summed E-state index contributed by atoms with van der Waals surface area (Å²) in [5.74, 6) is 0.340. The standard InChI is InChI=1S/C17H17N5O3/c23-17(11-4-5-12-13(9-11)21-22-20-12)19-14-10-24-8-6-15(14)25-16-3-1-2-7-18-16/h1-5,7,9,14-15H,6,8,10H2,(H,19,23)(H,20,21,22)/t14-,15-/m1/s1. The number of hydrogen-bond donors (Lipinski definition) is 2. The van der Waals surface area contributed by atoms with Crippen LogP contribution in [0.3, 0.4) is 0 Å². The van der Waals surface area contributed by atoms with Gasteiger partial charge in [0.2, 0.25) is 5.88 Å². The summed E-state index contributed by atoms with van der Waals surface area (Å²) in [5, 5.41) is 13.5. The number of nitrogens with zero attached hydrogens (tertiary/aromatic N) is 3. The van der Waals surface area contributed by atoms with Crippen LogP contribution in [0.25, 0.3) is 11.0 Å². The molecule has 128 valence electrons. The molecule has 1 saturated heterocycles. The van der Waals surface area contributed by atoms with Crippen LogP contribution in [0.4, 0.5) is 0 Å². The SMILES string of the molecule is O=C(N[C@@H]1COCC[C@H]1Oc1ccccn1)c1ccc2n[nH]nc2c1. The van der Waals surface area contributed by atoms with Gasteiger partial charge in [-0.05, 0) is 24.3 Å². The van der Waals surface area contributed by atoms with Crippen molar-refractivity contribution in [3.05, 3.63) is 48.2 Å². The molecule has 2 aromatic heterocycles. The van der Waals surface area contributed by atoms with Crippen molar-refractivity contribution in [1.82, 2.24) is 25.7 Å². The third-order valence-corrected chi connectivity index (χ3v) is 4.10. The van der Waals surface area contributed by atoms with E-state index in [2.05, 4.69) is 25.7 Å². The molecule has 1 aromatic carbocycles. The zero-order valence-electron chi connectivity index (χ0n) is 13.4. The van der Waals surface area contributed by atoms with E-state index in [1.54, 1.807) is 30.5 Å². The molecular formula is C17H17N5O3. The normalized spacial score (nSPS) is 20.3. The average molecular weight is 339 g/mol. The molecule has 0 bridgehead atoms. The van der Waals surface area contributed by atoms with Gasteiger partial charge in [-0.1, -0.05) is 6.07 Å². The number of aromatic amines is 1. The van der Waals surface area contributed by atoms with E-state index in [1.807, 2.05) is 12.1 Å². The maximum atomic E-state index is 12.6. The summed E-state index contributed by atoms with van der Waals surface area (Å²) < 4.78 is 11.4. The fraction of sp³-hybridized carbons (Fsp3) is 0.294. The van der Waals surface area contributed by atoms with Crippen LogP contribution in [0.5, 0.6) is 5.88 Å². The lowest BCUT2D eigenvalue weighted by Crippen LogP contribution is -2.51. The van der Waals surface area contributed by atoms with Crippen LogP contribution in [0, 0.1) is 0 Å². The van der Waals surface area contributed by atoms with Gasteiger partial charge in [0, 0.05) is 24.2 Å². The van der Waals surface area contributed by atoms with E-state index in [0.29, 0.717) is 42.1 Å². The van der Waals surface area contributed by atoms with Crippen molar-refractivity contribution in [3.63, 3.8) is 0 Å². The van der Waals surface area contributed by atoms with Gasteiger partial charge in [0.25, 0.3) is 5.91 Å². The van der Waals surface area contributed by atoms with Crippen molar-refractivity contribution in [1.29, 1.82) is 0 Å². The van der Waals surface area contributed by atoms with Crippen molar-refractivity contribution in [3.8, 4) is 5.88 Å². The number of benzene rings is 1. The van der Waals surface area contributed by atoms with E-state index in [4.69, 9.17) is 9.47 Å². The molecule has 1 amide bonds. The number of carbonyl (C=O) groups is 1. The minimum Gasteiger partial charge on any atom is -0.472 e. The maximum Gasteiger partial charge on any atom is 0.251 e. The number of ether oxygens (including phenoxy) is 2. The Balaban J connectivity index is 1.47. The zero-order chi connectivity index (χ0) is 17.1. The molecule has 3 heterocycles. The van der Waals surface area contributed by atoms with Gasteiger partial charge in [-0.3, -0.25) is 4.79 Å². The number of hydrogen-bond acceptors (Lipinski definition) is 6. The van der Waals surface area contributed by atoms with E-state index in [1.165, 1.54) is 0 Å². The molecule has 3 aromatic rings. The molecule has 8 nitrogen and oxygen atoms in total. The van der Waals surface area contributed by atoms with Gasteiger partial charge >= 0.3 is 0 Å². The second kappa shape index (κ2) is 6.86. The summed E-state index contributed by atoms with van der Waals surface area (Å²) in [6, 6.07) is 10.4. The third-order valence-electron chi connectivity index (χ3n) is 4.10. The van der Waals surface area contributed by atoms with Crippen LogP contribution in [0.1, 0.15) is 16.8 Å². The van der Waals surface area contributed by atoms with Crippen molar-refractivity contribution in [2.75, 3.05) is 13.2 Å². The smallest absolute Gasteiger partial charge is 0.251 e. The number of amides is 1. The average Bonchev–Trinajstić information content (AvgIpc) is 3.12. The molecule has 2 atom stereocenters. The van der Waals surface area contributed by atoms with Gasteiger partial charge in [0.1, 0.15) is 17.1 Å². The zero-order valence-corrected chi connectivity index (χ0v) is 13.4. The minimum atomic E-state index is -0.253. The van der Waals surface area contributed by atoms with E-state index >= 15 is 0 Å². The Morgan fingerprint density at radius 3 is 3.04 bits per heavy atom. The highest BCUT2D eigenvalue weighted by atomic mass is 16.5. The highest BCUT2D eigenvalue weighted by molar-refractivity contribution is 5.97. The summed E-state index contributed by atoms with van der Waals surface area (Å²) in [6.07, 6.45) is 2.17. The molecule has 0 aliphatic carbocycles. The van der Waals surface area contributed by atoms with Gasteiger partial charge in [-0.25, -0.2) is 4.98 Å². The van der Waals surface area contributed by atoms with Crippen LogP contribution in [0.2, 0.25) is 0 Å². The van der Waals surface area contributed by atoms with Crippen LogP contribution >= 0.6 is 0 Å². The number of H-pyrrole nitrogens is 1. The summed E-state index contributed by atoms with van der Waals surface area (Å²) >= 11 is 0. The Bertz CT molecular complexity index is 867. The number of nitrogens with one attached hydrogen (secondary N) is 2. The first-order valence-electron chi connectivity index (χ1n) is 8.06. The van der Waals surface area contributed by atoms with Gasteiger partial charge in [-0.2, -0.15) is 15.4 Å². The van der Waals surface area contributed by atoms with E-state index < -0.39 is 0 Å². The molecular weight excluding hydrogens is 322 g/mol. The highest BCUT2D eigenvalue weighted by Gasteiger charge is 2.29. The largest absolute Gasteiger partial charge is 0.472 e. The molecule has 4 rings (SSSR count). The van der Waals surface area contributed by atoms with Crippen LogP contribution in [-0.2, 0) is 4.74 Å². The van der Waals surface area contributed by atoms with Crippen LogP contribution in [-0.4, -0.2) is 51.7 Å².